The van der Waals surface area contributed by atoms with Crippen LogP contribution in [0.1, 0.15) is 73.3 Å². The normalized spacial score (nSPS) is 22.2. The maximum atomic E-state index is 13.3. The minimum atomic E-state index is -0.618. The van der Waals surface area contributed by atoms with E-state index in [1.165, 1.54) is 5.69 Å². The summed E-state index contributed by atoms with van der Waals surface area (Å²) >= 11 is 0. The van der Waals surface area contributed by atoms with Crippen LogP contribution in [0.5, 0.6) is 0 Å². The monoisotopic (exact) mass is 709 g/mol. The van der Waals surface area contributed by atoms with Crippen LogP contribution in [-0.4, -0.2) is 73.6 Å². The quantitative estimate of drug-likeness (QED) is 0.168. The molecule has 270 valence electrons. The number of nitrogens with zero attached hydrogens (tertiary/aromatic N) is 6. The molecule has 5 heterocycles. The van der Waals surface area contributed by atoms with Crippen molar-refractivity contribution in [3.63, 3.8) is 0 Å². The van der Waals surface area contributed by atoms with Crippen LogP contribution in [0.4, 0.5) is 17.1 Å². The Morgan fingerprint density at radius 3 is 2.47 bits per heavy atom. The lowest BCUT2D eigenvalue weighted by molar-refractivity contribution is -0.136. The molecule has 12 heteroatoms. The smallest absolute Gasteiger partial charge is 0.255 e. The van der Waals surface area contributed by atoms with Crippen molar-refractivity contribution in [2.45, 2.75) is 82.1 Å². The molecule has 3 atom stereocenters. The standard InChI is InChI=1S/C41H43N9O3/c51-39-15-14-38(40(52)47-39)49-25-33-32(41(49)53)10-5-13-34(33)45-28-7-3-6-27(20-28)44-29-8-4-9-31(21-29)48-18-16-30(17-19-48)50-24-26(22-43-50)37-23-42-35-11-1-2-12-36(35)46-37/h1-2,4-5,8-13,21-24,27-28,30,38,44-45H,3,6-7,14-20,25H2,(H,47,51,52). The molecule has 3 aliphatic heterocycles. The first-order valence-corrected chi connectivity index (χ1v) is 18.9. The van der Waals surface area contributed by atoms with Gasteiger partial charge in [-0.3, -0.25) is 29.4 Å². The molecule has 3 fully saturated rings. The molecule has 1 saturated carbocycles. The average Bonchev–Trinajstić information content (AvgIpc) is 3.81. The molecular weight excluding hydrogens is 667 g/mol. The van der Waals surface area contributed by atoms with Gasteiger partial charge in [-0.05, 0) is 87.4 Å². The molecule has 53 heavy (non-hydrogen) atoms. The van der Waals surface area contributed by atoms with E-state index < -0.39 is 6.04 Å². The number of para-hydroxylation sites is 2. The van der Waals surface area contributed by atoms with Gasteiger partial charge in [0.05, 0.1) is 35.2 Å². The number of piperidine rings is 2. The Morgan fingerprint density at radius 1 is 0.811 bits per heavy atom. The summed E-state index contributed by atoms with van der Waals surface area (Å²) in [5.74, 6) is -0.809. The summed E-state index contributed by atoms with van der Waals surface area (Å²) in [5, 5.41) is 14.7. The van der Waals surface area contributed by atoms with Crippen molar-refractivity contribution in [2.75, 3.05) is 28.6 Å². The van der Waals surface area contributed by atoms with Crippen LogP contribution in [-0.2, 0) is 16.1 Å². The molecular formula is C41H43N9O3. The van der Waals surface area contributed by atoms with Crippen LogP contribution >= 0.6 is 0 Å². The Bertz CT molecular complexity index is 2190. The molecule has 3 N–H and O–H groups in total. The molecule has 3 amide bonds. The first kappa shape index (κ1) is 33.1. The van der Waals surface area contributed by atoms with Crippen LogP contribution < -0.4 is 20.9 Å². The van der Waals surface area contributed by atoms with Gasteiger partial charge in [0.25, 0.3) is 5.91 Å². The van der Waals surface area contributed by atoms with Crippen LogP contribution in [0.2, 0.25) is 0 Å². The van der Waals surface area contributed by atoms with Gasteiger partial charge in [-0.1, -0.05) is 24.3 Å². The number of amides is 3. The lowest BCUT2D eigenvalue weighted by Crippen LogP contribution is -2.52. The number of imide groups is 1. The number of aromatic nitrogens is 4. The highest BCUT2D eigenvalue weighted by Gasteiger charge is 2.40. The van der Waals surface area contributed by atoms with Gasteiger partial charge in [-0.25, -0.2) is 4.98 Å². The predicted octanol–water partition coefficient (Wildman–Crippen LogP) is 5.93. The van der Waals surface area contributed by atoms with E-state index in [1.807, 2.05) is 54.9 Å². The lowest BCUT2D eigenvalue weighted by atomic mass is 9.90. The number of hydrogen-bond donors (Lipinski definition) is 3. The van der Waals surface area contributed by atoms with Crippen LogP contribution in [0.25, 0.3) is 22.3 Å². The molecule has 12 nitrogen and oxygen atoms in total. The molecule has 0 bridgehead atoms. The van der Waals surface area contributed by atoms with E-state index in [0.717, 1.165) is 90.8 Å². The summed E-state index contributed by atoms with van der Waals surface area (Å²) in [7, 11) is 0. The molecule has 3 unspecified atom stereocenters. The second kappa shape index (κ2) is 14.0. The highest BCUT2D eigenvalue weighted by molar-refractivity contribution is 6.06. The summed E-state index contributed by atoms with van der Waals surface area (Å²) < 4.78 is 2.10. The second-order valence-corrected chi connectivity index (χ2v) is 14.8. The average molecular weight is 710 g/mol. The molecule has 1 aliphatic carbocycles. The van der Waals surface area contributed by atoms with Crippen LogP contribution in [0.3, 0.4) is 0 Å². The van der Waals surface area contributed by atoms with E-state index in [0.29, 0.717) is 30.6 Å². The number of carbonyl (C=O) groups is 3. The molecule has 0 spiro atoms. The van der Waals surface area contributed by atoms with Crippen molar-refractivity contribution >= 4 is 45.8 Å². The van der Waals surface area contributed by atoms with Crippen molar-refractivity contribution in [2.24, 2.45) is 0 Å². The number of rotatable bonds is 8. The van der Waals surface area contributed by atoms with E-state index in [9.17, 15) is 14.4 Å². The third-order valence-corrected chi connectivity index (χ3v) is 11.4. The van der Waals surface area contributed by atoms with Crippen LogP contribution in [0.15, 0.2) is 85.3 Å². The van der Waals surface area contributed by atoms with E-state index in [2.05, 4.69) is 61.0 Å². The Labute approximate surface area is 308 Å². The third kappa shape index (κ3) is 6.69. The number of nitrogens with one attached hydrogen (secondary N) is 3. The zero-order chi connectivity index (χ0) is 35.9. The highest BCUT2D eigenvalue weighted by Crippen LogP contribution is 2.35. The highest BCUT2D eigenvalue weighted by atomic mass is 16.2. The molecule has 5 aromatic rings. The molecule has 9 rings (SSSR count). The molecule has 0 radical (unpaired) electrons. The van der Waals surface area contributed by atoms with Gasteiger partial charge in [0.2, 0.25) is 11.8 Å². The van der Waals surface area contributed by atoms with Gasteiger partial charge in [0, 0.05) is 78.1 Å². The number of fused-ring (bicyclic) bond motifs is 2. The SMILES string of the molecule is O=C1CCC(N2Cc3c(NC4CCCC(Nc5cccc(N6CCC(n7cc(-c8cnc9ccccc9n8)cn7)CC6)c5)C4)cccc3C2=O)C(=O)N1. The van der Waals surface area contributed by atoms with Crippen molar-refractivity contribution < 1.29 is 14.4 Å². The Hall–Kier alpha value is -5.78. The lowest BCUT2D eigenvalue weighted by Gasteiger charge is -2.34. The van der Waals surface area contributed by atoms with Gasteiger partial charge in [0.1, 0.15) is 6.04 Å². The Balaban J connectivity index is 0.802. The van der Waals surface area contributed by atoms with Gasteiger partial charge in [-0.2, -0.15) is 5.10 Å². The number of carbonyl (C=O) groups excluding carboxylic acids is 3. The summed E-state index contributed by atoms with van der Waals surface area (Å²) in [6, 6.07) is 22.8. The fourth-order valence-electron chi connectivity index (χ4n) is 8.58. The molecule has 2 saturated heterocycles. The largest absolute Gasteiger partial charge is 0.382 e. The minimum absolute atomic E-state index is 0.145. The number of benzene rings is 3. The topological polar surface area (TPSA) is 137 Å². The van der Waals surface area contributed by atoms with Gasteiger partial charge in [-0.15, -0.1) is 0 Å². The van der Waals surface area contributed by atoms with Gasteiger partial charge < -0.3 is 20.4 Å². The maximum Gasteiger partial charge on any atom is 0.255 e. The van der Waals surface area contributed by atoms with Crippen molar-refractivity contribution in [3.05, 3.63) is 96.4 Å². The van der Waals surface area contributed by atoms with Crippen LogP contribution in [0, 0.1) is 0 Å². The predicted molar refractivity (Wildman–Crippen MR) is 203 cm³/mol. The summed E-state index contributed by atoms with van der Waals surface area (Å²) in [6.07, 6.45) is 12.7. The van der Waals surface area contributed by atoms with E-state index in [-0.39, 0.29) is 30.2 Å². The number of anilines is 3. The minimum Gasteiger partial charge on any atom is -0.382 e. The Morgan fingerprint density at radius 2 is 1.62 bits per heavy atom. The zero-order valence-electron chi connectivity index (χ0n) is 29.6. The van der Waals surface area contributed by atoms with Gasteiger partial charge >= 0.3 is 0 Å². The first-order valence-electron chi connectivity index (χ1n) is 18.9. The fraction of sp³-hybridized carbons (Fsp3) is 0.366. The van der Waals surface area contributed by atoms with Crippen molar-refractivity contribution in [1.82, 2.24) is 30.0 Å². The summed E-state index contributed by atoms with van der Waals surface area (Å²) in [6.45, 7) is 2.28. The first-order chi connectivity index (χ1) is 25.9. The molecule has 4 aliphatic rings. The molecule has 3 aromatic carbocycles. The third-order valence-electron chi connectivity index (χ3n) is 11.4. The van der Waals surface area contributed by atoms with E-state index in [1.54, 1.807) is 4.90 Å². The zero-order valence-corrected chi connectivity index (χ0v) is 29.6. The Kier molecular flexibility index (Phi) is 8.73. The number of hydrogen-bond acceptors (Lipinski definition) is 9. The maximum absolute atomic E-state index is 13.3. The fourth-order valence-corrected chi connectivity index (χ4v) is 8.58. The van der Waals surface area contributed by atoms with Gasteiger partial charge in [0.15, 0.2) is 0 Å². The van der Waals surface area contributed by atoms with E-state index in [4.69, 9.17) is 10.1 Å². The van der Waals surface area contributed by atoms with E-state index >= 15 is 0 Å². The van der Waals surface area contributed by atoms with Crippen molar-refractivity contribution in [3.8, 4) is 11.3 Å². The summed E-state index contributed by atoms with van der Waals surface area (Å²) in [5.41, 5.74) is 8.50. The summed E-state index contributed by atoms with van der Waals surface area (Å²) in [4.78, 5) is 51.1. The molecule has 2 aromatic heterocycles. The van der Waals surface area contributed by atoms with Crippen molar-refractivity contribution in [1.29, 1.82) is 0 Å². The second-order valence-electron chi connectivity index (χ2n) is 14.8.